The van der Waals surface area contributed by atoms with Crippen molar-refractivity contribution in [3.05, 3.63) is 70.9 Å². The van der Waals surface area contributed by atoms with Crippen molar-refractivity contribution in [3.8, 4) is 0 Å². The maximum absolute atomic E-state index is 13.0. The Balaban J connectivity index is 1.50. The number of halogens is 3. The summed E-state index contributed by atoms with van der Waals surface area (Å²) in [5.74, 6) is 0.825. The van der Waals surface area contributed by atoms with E-state index in [0.29, 0.717) is 24.8 Å². The molecule has 11 heteroatoms. The van der Waals surface area contributed by atoms with E-state index in [9.17, 15) is 18.0 Å². The molecular weight excluding hydrogens is 483 g/mol. The van der Waals surface area contributed by atoms with Gasteiger partial charge in [-0.15, -0.1) is 0 Å². The van der Waals surface area contributed by atoms with Gasteiger partial charge in [-0.2, -0.15) is 18.2 Å². The number of alkyl halides is 3. The minimum atomic E-state index is -4.52. The van der Waals surface area contributed by atoms with Crippen molar-refractivity contribution < 1.29 is 18.0 Å². The first-order chi connectivity index (χ1) is 17.5. The Morgan fingerprint density at radius 2 is 1.95 bits per heavy atom. The number of likely N-dealkylation sites (N-methyl/N-ethyl adjacent to an activating group) is 1. The van der Waals surface area contributed by atoms with Gasteiger partial charge in [-0.25, -0.2) is 4.98 Å². The Kier molecular flexibility index (Phi) is 7.53. The smallest absolute Gasteiger partial charge is 0.353 e. The molecular formula is C26H30F3N7O. The summed E-state index contributed by atoms with van der Waals surface area (Å²) in [4.78, 5) is 28.1. The van der Waals surface area contributed by atoms with Crippen LogP contribution in [0.15, 0.2) is 48.7 Å². The lowest BCUT2D eigenvalue weighted by atomic mass is 10.1. The molecule has 0 fully saturated rings. The van der Waals surface area contributed by atoms with Crippen molar-refractivity contribution >= 4 is 29.0 Å². The van der Waals surface area contributed by atoms with Gasteiger partial charge >= 0.3 is 6.18 Å². The summed E-state index contributed by atoms with van der Waals surface area (Å²) in [6, 6.07) is 9.83. The maximum atomic E-state index is 13.0. The van der Waals surface area contributed by atoms with Gasteiger partial charge in [-0.1, -0.05) is 12.1 Å². The number of benzene rings is 2. The van der Waals surface area contributed by atoms with Crippen LogP contribution in [0.3, 0.4) is 0 Å². The van der Waals surface area contributed by atoms with Crippen LogP contribution in [-0.2, 0) is 12.7 Å². The molecule has 37 heavy (non-hydrogen) atoms. The molecule has 196 valence electrons. The van der Waals surface area contributed by atoms with Crippen LogP contribution < -0.4 is 20.4 Å². The van der Waals surface area contributed by atoms with E-state index < -0.39 is 17.6 Å². The molecule has 0 radical (unpaired) electrons. The molecule has 0 spiro atoms. The highest BCUT2D eigenvalue weighted by Crippen LogP contribution is 2.33. The molecule has 0 bridgehead atoms. The van der Waals surface area contributed by atoms with Crippen LogP contribution in [-0.4, -0.2) is 61.7 Å². The summed E-state index contributed by atoms with van der Waals surface area (Å²) >= 11 is 0. The van der Waals surface area contributed by atoms with Crippen molar-refractivity contribution in [1.29, 1.82) is 0 Å². The second-order valence-electron chi connectivity index (χ2n) is 9.34. The molecule has 1 aromatic heterocycles. The number of aromatic nitrogens is 2. The molecule has 3 aromatic rings. The number of hydrogen-bond acceptors (Lipinski definition) is 7. The zero-order chi connectivity index (χ0) is 26.7. The molecule has 4 rings (SSSR count). The number of carbonyl (C=O) groups is 1. The molecule has 2 N–H and O–H groups in total. The van der Waals surface area contributed by atoms with E-state index in [4.69, 9.17) is 0 Å². The SMILES string of the molecule is Cc1ccc(NC(=O)c2cccc(C(F)(F)F)c2)cc1N1Cc2cnc(NCCN(C)C)nc2N(C)C1. The van der Waals surface area contributed by atoms with E-state index >= 15 is 0 Å². The Labute approximate surface area is 214 Å². The summed E-state index contributed by atoms with van der Waals surface area (Å²) in [6.45, 7) is 4.71. The van der Waals surface area contributed by atoms with Crippen molar-refractivity contribution in [2.75, 3.05) is 61.3 Å². The lowest BCUT2D eigenvalue weighted by molar-refractivity contribution is -0.137. The van der Waals surface area contributed by atoms with Gasteiger partial charge in [0.2, 0.25) is 5.95 Å². The zero-order valence-electron chi connectivity index (χ0n) is 21.2. The third-order valence-electron chi connectivity index (χ3n) is 6.05. The van der Waals surface area contributed by atoms with Crippen molar-refractivity contribution in [3.63, 3.8) is 0 Å². The predicted octanol–water partition coefficient (Wildman–Crippen LogP) is 4.44. The number of aryl methyl sites for hydroxylation is 1. The molecule has 0 unspecified atom stereocenters. The second-order valence-corrected chi connectivity index (χ2v) is 9.34. The van der Waals surface area contributed by atoms with Crippen molar-refractivity contribution in [2.24, 2.45) is 0 Å². The number of fused-ring (bicyclic) bond motifs is 1. The van der Waals surface area contributed by atoms with Gasteiger partial charge in [0.15, 0.2) is 0 Å². The Bertz CT molecular complexity index is 1280. The number of hydrogen-bond donors (Lipinski definition) is 2. The van der Waals surface area contributed by atoms with E-state index in [-0.39, 0.29) is 5.56 Å². The highest BCUT2D eigenvalue weighted by molar-refractivity contribution is 6.04. The summed E-state index contributed by atoms with van der Waals surface area (Å²) in [5.41, 5.74) is 2.43. The molecule has 0 saturated heterocycles. The number of nitrogens with one attached hydrogen (secondary N) is 2. The van der Waals surface area contributed by atoms with Gasteiger partial charge in [0.25, 0.3) is 5.91 Å². The van der Waals surface area contributed by atoms with Gasteiger partial charge < -0.3 is 25.3 Å². The van der Waals surface area contributed by atoms with E-state index in [2.05, 4.69) is 30.4 Å². The number of carbonyl (C=O) groups excluding carboxylic acids is 1. The van der Waals surface area contributed by atoms with Crippen molar-refractivity contribution in [2.45, 2.75) is 19.6 Å². The fourth-order valence-electron chi connectivity index (χ4n) is 4.12. The summed E-state index contributed by atoms with van der Waals surface area (Å²) < 4.78 is 39.1. The standard InChI is InChI=1S/C26H30F3N7O/c1-17-8-9-21(32-24(37)18-6-5-7-20(12-18)26(27,28)29)13-22(17)36-15-19-14-31-25(30-10-11-34(2)3)33-23(19)35(4)16-36/h5-9,12-14H,10-11,15-16H2,1-4H3,(H,32,37)(H,30,31,33). The maximum Gasteiger partial charge on any atom is 0.416 e. The highest BCUT2D eigenvalue weighted by atomic mass is 19.4. The fourth-order valence-corrected chi connectivity index (χ4v) is 4.12. The third-order valence-corrected chi connectivity index (χ3v) is 6.05. The van der Waals surface area contributed by atoms with Crippen LogP contribution in [0, 0.1) is 6.92 Å². The van der Waals surface area contributed by atoms with Crippen LogP contribution in [0.4, 0.5) is 36.3 Å². The van der Waals surface area contributed by atoms with Gasteiger partial charge in [0.1, 0.15) is 5.82 Å². The normalized spacial score (nSPS) is 13.5. The quantitative estimate of drug-likeness (QED) is 0.484. The number of anilines is 4. The number of amides is 1. The lowest BCUT2D eigenvalue weighted by Crippen LogP contribution is -2.41. The minimum absolute atomic E-state index is 0.0595. The monoisotopic (exact) mass is 513 g/mol. The molecule has 0 aliphatic carbocycles. The average molecular weight is 514 g/mol. The molecule has 2 aromatic carbocycles. The summed E-state index contributed by atoms with van der Waals surface area (Å²) in [6.07, 6.45) is -2.70. The Hall–Kier alpha value is -3.86. The van der Waals surface area contributed by atoms with Gasteiger partial charge in [0.05, 0.1) is 12.2 Å². The van der Waals surface area contributed by atoms with Crippen LogP contribution >= 0.6 is 0 Å². The molecule has 1 aliphatic rings. The number of nitrogens with zero attached hydrogens (tertiary/aromatic N) is 5. The van der Waals surface area contributed by atoms with Crippen LogP contribution in [0.25, 0.3) is 0 Å². The highest BCUT2D eigenvalue weighted by Gasteiger charge is 2.31. The fraction of sp³-hybridized carbons (Fsp3) is 0.346. The minimum Gasteiger partial charge on any atom is -0.353 e. The summed E-state index contributed by atoms with van der Waals surface area (Å²) in [7, 11) is 5.97. The third kappa shape index (κ3) is 6.29. The van der Waals surface area contributed by atoms with Crippen molar-refractivity contribution in [1.82, 2.24) is 14.9 Å². The predicted molar refractivity (Wildman–Crippen MR) is 139 cm³/mol. The van der Waals surface area contributed by atoms with E-state index in [1.807, 2.05) is 51.3 Å². The Morgan fingerprint density at radius 1 is 1.16 bits per heavy atom. The summed E-state index contributed by atoms with van der Waals surface area (Å²) in [5, 5.41) is 5.97. The largest absolute Gasteiger partial charge is 0.416 e. The molecule has 0 saturated carbocycles. The molecule has 1 aliphatic heterocycles. The number of rotatable bonds is 7. The van der Waals surface area contributed by atoms with Gasteiger partial charge in [-0.3, -0.25) is 4.79 Å². The Morgan fingerprint density at radius 3 is 2.68 bits per heavy atom. The first kappa shape index (κ1) is 26.2. The lowest BCUT2D eigenvalue weighted by Gasteiger charge is -2.37. The van der Waals surface area contributed by atoms with E-state index in [1.165, 1.54) is 12.1 Å². The second kappa shape index (κ2) is 10.6. The van der Waals surface area contributed by atoms with Gasteiger partial charge in [0, 0.05) is 55.4 Å². The van der Waals surface area contributed by atoms with E-state index in [0.717, 1.165) is 47.9 Å². The zero-order valence-corrected chi connectivity index (χ0v) is 21.2. The first-order valence-electron chi connectivity index (χ1n) is 11.8. The van der Waals surface area contributed by atoms with E-state index in [1.54, 1.807) is 6.07 Å². The van der Waals surface area contributed by atoms with Crippen LogP contribution in [0.1, 0.15) is 27.0 Å². The first-order valence-corrected chi connectivity index (χ1v) is 11.8. The van der Waals surface area contributed by atoms with Crippen LogP contribution in [0.5, 0.6) is 0 Å². The average Bonchev–Trinajstić information content (AvgIpc) is 2.84. The topological polar surface area (TPSA) is 76.6 Å². The molecule has 2 heterocycles. The van der Waals surface area contributed by atoms with Crippen LogP contribution in [0.2, 0.25) is 0 Å². The molecule has 0 atom stereocenters. The molecule has 1 amide bonds. The molecule has 8 nitrogen and oxygen atoms in total. The van der Waals surface area contributed by atoms with Gasteiger partial charge in [-0.05, 0) is 56.9 Å².